The Bertz CT molecular complexity index is 453. The fourth-order valence-corrected chi connectivity index (χ4v) is 4.82. The Kier molecular flexibility index (Phi) is 8.27. The summed E-state index contributed by atoms with van der Waals surface area (Å²) in [6.07, 6.45) is 7.97. The van der Waals surface area contributed by atoms with E-state index in [1.165, 1.54) is 19.3 Å². The van der Waals surface area contributed by atoms with E-state index in [2.05, 4.69) is 54.6 Å². The van der Waals surface area contributed by atoms with Crippen molar-refractivity contribution in [2.75, 3.05) is 0 Å². The van der Waals surface area contributed by atoms with Crippen LogP contribution in [0, 0.1) is 11.8 Å². The van der Waals surface area contributed by atoms with E-state index < -0.39 is 13.9 Å². The standard InChI is InChI=1S/C21H41ClO2Si/c1-16(2)10-9-11-17(3)12-13-21(23)14-18(22)19(15-21)24-25(7,8)20(4,5)6/h14,16-17,19,23H,9-13,15H2,1-8H3. The van der Waals surface area contributed by atoms with Crippen LogP contribution in [0.1, 0.15) is 80.1 Å². The van der Waals surface area contributed by atoms with Crippen molar-refractivity contribution >= 4 is 19.9 Å². The lowest BCUT2D eigenvalue weighted by molar-refractivity contribution is 0.0471. The van der Waals surface area contributed by atoms with Gasteiger partial charge in [0, 0.05) is 11.5 Å². The van der Waals surface area contributed by atoms with E-state index in [9.17, 15) is 5.11 Å². The molecule has 3 unspecified atom stereocenters. The van der Waals surface area contributed by atoms with E-state index in [4.69, 9.17) is 16.0 Å². The fourth-order valence-electron chi connectivity index (χ4n) is 3.15. The summed E-state index contributed by atoms with van der Waals surface area (Å²) in [6.45, 7) is 18.0. The molecule has 0 aromatic carbocycles. The Morgan fingerprint density at radius 2 is 1.84 bits per heavy atom. The summed E-state index contributed by atoms with van der Waals surface area (Å²) < 4.78 is 6.45. The van der Waals surface area contributed by atoms with Crippen molar-refractivity contribution in [1.82, 2.24) is 0 Å². The minimum Gasteiger partial charge on any atom is -0.409 e. The number of hydrogen-bond acceptors (Lipinski definition) is 2. The smallest absolute Gasteiger partial charge is 0.192 e. The minimum atomic E-state index is -1.88. The van der Waals surface area contributed by atoms with Crippen molar-refractivity contribution in [2.45, 2.75) is 110 Å². The molecule has 2 nitrogen and oxygen atoms in total. The van der Waals surface area contributed by atoms with Gasteiger partial charge in [-0.05, 0) is 48.9 Å². The van der Waals surface area contributed by atoms with Crippen LogP contribution in [0.5, 0.6) is 0 Å². The van der Waals surface area contributed by atoms with E-state index in [1.54, 1.807) is 0 Å². The van der Waals surface area contributed by atoms with Crippen molar-refractivity contribution in [3.63, 3.8) is 0 Å². The first-order chi connectivity index (χ1) is 11.3. The molecule has 1 N–H and O–H groups in total. The molecule has 25 heavy (non-hydrogen) atoms. The van der Waals surface area contributed by atoms with Crippen LogP contribution in [-0.4, -0.2) is 25.1 Å². The topological polar surface area (TPSA) is 29.5 Å². The molecule has 0 saturated heterocycles. The summed E-state index contributed by atoms with van der Waals surface area (Å²) in [6, 6.07) is 0. The second-order valence-corrected chi connectivity index (χ2v) is 15.4. The van der Waals surface area contributed by atoms with Gasteiger partial charge >= 0.3 is 0 Å². The lowest BCUT2D eigenvalue weighted by atomic mass is 9.89. The van der Waals surface area contributed by atoms with Crippen LogP contribution in [0.3, 0.4) is 0 Å². The Labute approximate surface area is 162 Å². The van der Waals surface area contributed by atoms with Crippen LogP contribution in [0.4, 0.5) is 0 Å². The number of rotatable bonds is 9. The summed E-state index contributed by atoms with van der Waals surface area (Å²) in [4.78, 5) is 0. The highest BCUT2D eigenvalue weighted by atomic mass is 35.5. The van der Waals surface area contributed by atoms with Gasteiger partial charge in [-0.3, -0.25) is 0 Å². The van der Waals surface area contributed by atoms with Crippen molar-refractivity contribution in [3.05, 3.63) is 11.1 Å². The average Bonchev–Trinajstić information content (AvgIpc) is 2.69. The van der Waals surface area contributed by atoms with Crippen LogP contribution in [-0.2, 0) is 4.43 Å². The zero-order chi connectivity index (χ0) is 19.5. The van der Waals surface area contributed by atoms with Crippen LogP contribution in [0.2, 0.25) is 18.1 Å². The predicted molar refractivity (Wildman–Crippen MR) is 113 cm³/mol. The van der Waals surface area contributed by atoms with Gasteiger partial charge in [-0.1, -0.05) is 72.4 Å². The highest BCUT2D eigenvalue weighted by Crippen LogP contribution is 2.43. The summed E-state index contributed by atoms with van der Waals surface area (Å²) >= 11 is 6.45. The molecule has 0 radical (unpaired) electrons. The van der Waals surface area contributed by atoms with Gasteiger partial charge in [0.1, 0.15) is 0 Å². The zero-order valence-corrected chi connectivity index (χ0v) is 19.5. The third-order valence-corrected chi connectivity index (χ3v) is 10.9. The van der Waals surface area contributed by atoms with Crippen molar-refractivity contribution in [2.24, 2.45) is 11.8 Å². The van der Waals surface area contributed by atoms with Gasteiger partial charge in [0.2, 0.25) is 0 Å². The molecule has 0 amide bonds. The monoisotopic (exact) mass is 388 g/mol. The predicted octanol–water partition coefficient (Wildman–Crippen LogP) is 6.88. The number of aliphatic hydroxyl groups is 1. The maximum Gasteiger partial charge on any atom is 0.192 e. The fraction of sp³-hybridized carbons (Fsp3) is 0.905. The van der Waals surface area contributed by atoms with Crippen molar-refractivity contribution in [3.8, 4) is 0 Å². The Balaban J connectivity index is 2.52. The molecular formula is C21H41ClO2Si. The summed E-state index contributed by atoms with van der Waals surface area (Å²) in [5.41, 5.74) is -0.795. The molecule has 0 bridgehead atoms. The van der Waals surface area contributed by atoms with E-state index in [0.29, 0.717) is 17.4 Å². The SMILES string of the molecule is CC(C)CCCC(C)CCC1(O)C=C(Cl)C(O[Si](C)(C)C(C)(C)C)C1. The molecule has 0 aromatic heterocycles. The molecule has 0 fully saturated rings. The normalized spacial score (nSPS) is 26.2. The maximum absolute atomic E-state index is 11.0. The molecule has 0 spiro atoms. The van der Waals surface area contributed by atoms with Gasteiger partial charge in [-0.15, -0.1) is 0 Å². The lowest BCUT2D eigenvalue weighted by Gasteiger charge is -2.39. The van der Waals surface area contributed by atoms with E-state index in [1.807, 2.05) is 6.08 Å². The highest BCUT2D eigenvalue weighted by Gasteiger charge is 2.44. The van der Waals surface area contributed by atoms with E-state index >= 15 is 0 Å². The molecule has 3 atom stereocenters. The summed E-state index contributed by atoms with van der Waals surface area (Å²) in [5.74, 6) is 1.43. The maximum atomic E-state index is 11.0. The Morgan fingerprint density at radius 1 is 1.24 bits per heavy atom. The zero-order valence-electron chi connectivity index (χ0n) is 17.8. The summed E-state index contributed by atoms with van der Waals surface area (Å²) in [5, 5.41) is 11.8. The number of hydrogen-bond donors (Lipinski definition) is 1. The van der Waals surface area contributed by atoms with Crippen molar-refractivity contribution in [1.29, 1.82) is 0 Å². The Morgan fingerprint density at radius 3 is 2.36 bits per heavy atom. The van der Waals surface area contributed by atoms with Gasteiger partial charge in [-0.25, -0.2) is 0 Å². The van der Waals surface area contributed by atoms with Gasteiger partial charge in [-0.2, -0.15) is 0 Å². The molecule has 0 heterocycles. The van der Waals surface area contributed by atoms with E-state index in [-0.39, 0.29) is 11.1 Å². The first kappa shape index (κ1) is 23.2. The molecule has 0 saturated carbocycles. The molecule has 148 valence electrons. The number of halogens is 1. The molecule has 0 aliphatic heterocycles. The quantitative estimate of drug-likeness (QED) is 0.436. The van der Waals surface area contributed by atoms with Gasteiger partial charge < -0.3 is 9.53 Å². The second-order valence-electron chi connectivity index (χ2n) is 10.2. The van der Waals surface area contributed by atoms with Gasteiger partial charge in [0.05, 0.1) is 11.7 Å². The van der Waals surface area contributed by atoms with Gasteiger partial charge in [0.15, 0.2) is 8.32 Å². The second kappa shape index (κ2) is 8.90. The first-order valence-electron chi connectivity index (χ1n) is 10.0. The molecular weight excluding hydrogens is 348 g/mol. The van der Waals surface area contributed by atoms with Crippen molar-refractivity contribution < 1.29 is 9.53 Å². The summed E-state index contributed by atoms with van der Waals surface area (Å²) in [7, 11) is -1.88. The molecule has 1 aliphatic carbocycles. The van der Waals surface area contributed by atoms with Crippen LogP contribution >= 0.6 is 11.6 Å². The molecule has 1 aliphatic rings. The third-order valence-electron chi connectivity index (χ3n) is 6.04. The minimum absolute atomic E-state index is 0.135. The first-order valence-corrected chi connectivity index (χ1v) is 13.3. The van der Waals surface area contributed by atoms with Gasteiger partial charge in [0.25, 0.3) is 0 Å². The van der Waals surface area contributed by atoms with Crippen LogP contribution < -0.4 is 0 Å². The largest absolute Gasteiger partial charge is 0.409 e. The van der Waals surface area contributed by atoms with Crippen LogP contribution in [0.25, 0.3) is 0 Å². The van der Waals surface area contributed by atoms with Crippen LogP contribution in [0.15, 0.2) is 11.1 Å². The molecule has 1 rings (SSSR count). The lowest BCUT2D eigenvalue weighted by Crippen LogP contribution is -2.44. The third kappa shape index (κ3) is 7.36. The van der Waals surface area contributed by atoms with E-state index in [0.717, 1.165) is 18.8 Å². The molecule has 4 heteroatoms. The molecule has 0 aromatic rings. The Hall–Kier alpha value is 0.167. The highest BCUT2D eigenvalue weighted by molar-refractivity contribution is 6.74. The average molecular weight is 389 g/mol.